The molecule has 0 saturated carbocycles. The van der Waals surface area contributed by atoms with Gasteiger partial charge in [-0.15, -0.1) is 0 Å². The van der Waals surface area contributed by atoms with Gasteiger partial charge in [-0.1, -0.05) is 157 Å². The third-order valence-electron chi connectivity index (χ3n) is 8.47. The third-order valence-corrected chi connectivity index (χ3v) is 9.58. The van der Waals surface area contributed by atoms with E-state index in [1.165, 1.54) is 89.9 Å². The van der Waals surface area contributed by atoms with Crippen molar-refractivity contribution < 1.29 is 23.1 Å². The zero-order valence-electron chi connectivity index (χ0n) is 29.2. The minimum absolute atomic E-state index is 0.152. The van der Waals surface area contributed by atoms with Crippen molar-refractivity contribution in [1.82, 2.24) is 0 Å². The van der Waals surface area contributed by atoms with E-state index in [4.69, 9.17) is 18.3 Å². The van der Waals surface area contributed by atoms with Crippen LogP contribution in [0.5, 0.6) is 5.75 Å². The van der Waals surface area contributed by atoms with Crippen molar-refractivity contribution in [2.75, 3.05) is 19.8 Å². The van der Waals surface area contributed by atoms with Gasteiger partial charge in [0, 0.05) is 11.1 Å². The lowest BCUT2D eigenvalue weighted by molar-refractivity contribution is -0.145. The Morgan fingerprint density at radius 1 is 0.721 bits per heavy atom. The van der Waals surface area contributed by atoms with Crippen molar-refractivity contribution >= 4 is 14.6 Å². The fraction of sp³-hybridized carbons (Fsp3) is 0.811. The Bertz CT molecular complexity index is 876. The number of esters is 1. The van der Waals surface area contributed by atoms with Crippen LogP contribution in [0.15, 0.2) is 12.1 Å². The summed E-state index contributed by atoms with van der Waals surface area (Å²) in [5.41, 5.74) is 2.73. The Hall–Kier alpha value is -1.16. The fourth-order valence-electron chi connectivity index (χ4n) is 5.59. The number of carbonyl (C=O) groups excluding carboxylic acids is 1. The molecule has 0 bridgehead atoms. The number of hydrogen-bond acceptors (Lipinski definition) is 5. The van der Waals surface area contributed by atoms with E-state index in [1.807, 2.05) is 6.92 Å². The molecule has 248 valence electrons. The topological polar surface area (TPSA) is 54.0 Å². The highest BCUT2D eigenvalue weighted by Gasteiger charge is 2.33. The molecular formula is C37H65O5P. The van der Waals surface area contributed by atoms with Gasteiger partial charge in [-0.25, -0.2) is 0 Å². The molecule has 0 amide bonds. The average Bonchev–Trinajstić information content (AvgIpc) is 3.46. The lowest BCUT2D eigenvalue weighted by Gasteiger charge is -2.31. The number of rotatable bonds is 21. The molecule has 0 radical (unpaired) electrons. The third kappa shape index (κ3) is 14.7. The molecule has 2 rings (SSSR count). The Morgan fingerprint density at radius 3 is 1.51 bits per heavy atom. The van der Waals surface area contributed by atoms with Crippen molar-refractivity contribution in [2.24, 2.45) is 0 Å². The predicted molar refractivity (Wildman–Crippen MR) is 182 cm³/mol. The molecule has 0 aromatic heterocycles. The van der Waals surface area contributed by atoms with E-state index >= 15 is 0 Å². The molecule has 43 heavy (non-hydrogen) atoms. The zero-order valence-corrected chi connectivity index (χ0v) is 30.0. The van der Waals surface area contributed by atoms with Gasteiger partial charge < -0.3 is 18.3 Å². The summed E-state index contributed by atoms with van der Waals surface area (Å²) in [6.45, 7) is 18.9. The van der Waals surface area contributed by atoms with Gasteiger partial charge in [-0.2, -0.15) is 0 Å². The van der Waals surface area contributed by atoms with Gasteiger partial charge in [-0.05, 0) is 29.7 Å². The second-order valence-electron chi connectivity index (χ2n) is 14.6. The molecule has 1 saturated heterocycles. The number of ether oxygens (including phenoxy) is 1. The summed E-state index contributed by atoms with van der Waals surface area (Å²) in [7, 11) is -1.40. The molecule has 0 spiro atoms. The van der Waals surface area contributed by atoms with E-state index in [1.54, 1.807) is 0 Å². The van der Waals surface area contributed by atoms with E-state index < -0.39 is 8.60 Å². The molecule has 0 aliphatic carbocycles. The van der Waals surface area contributed by atoms with Gasteiger partial charge in [0.15, 0.2) is 0 Å². The fourth-order valence-corrected chi connectivity index (χ4v) is 6.56. The van der Waals surface area contributed by atoms with Crippen molar-refractivity contribution in [3.63, 3.8) is 0 Å². The predicted octanol–water partition coefficient (Wildman–Crippen LogP) is 11.8. The van der Waals surface area contributed by atoms with Crippen LogP contribution in [0.1, 0.15) is 181 Å². The molecule has 6 heteroatoms. The molecule has 1 aliphatic rings. The number of carbonyl (C=O) groups is 1. The van der Waals surface area contributed by atoms with Crippen molar-refractivity contribution in [3.05, 3.63) is 28.8 Å². The summed E-state index contributed by atoms with van der Waals surface area (Å²) >= 11 is 0. The summed E-state index contributed by atoms with van der Waals surface area (Å²) in [6.07, 6.45) is 21.4. The minimum atomic E-state index is -1.40. The Labute approximate surface area is 266 Å². The second kappa shape index (κ2) is 20.1. The molecule has 5 nitrogen and oxygen atoms in total. The van der Waals surface area contributed by atoms with Crippen LogP contribution in [0.25, 0.3) is 0 Å². The van der Waals surface area contributed by atoms with Gasteiger partial charge in [-0.3, -0.25) is 4.79 Å². The molecule has 1 unspecified atom stereocenters. The van der Waals surface area contributed by atoms with Crippen LogP contribution in [0, 0.1) is 0 Å². The Kier molecular flexibility index (Phi) is 17.7. The molecule has 1 aliphatic heterocycles. The first-order valence-corrected chi connectivity index (χ1v) is 18.6. The van der Waals surface area contributed by atoms with E-state index in [0.717, 1.165) is 35.3 Å². The molecule has 1 heterocycles. The first-order chi connectivity index (χ1) is 20.4. The van der Waals surface area contributed by atoms with Crippen LogP contribution in [0.2, 0.25) is 0 Å². The summed E-state index contributed by atoms with van der Waals surface area (Å²) in [5, 5.41) is 0. The summed E-state index contributed by atoms with van der Waals surface area (Å²) in [6, 6.07) is 4.24. The SMILES string of the molecule is CCCCCCCCCCCCCCCCCCOC(=O)C(C)c1cc(C(C)(C)C)c(OP2OCCO2)c(C(C)(C)C)c1. The number of benzene rings is 1. The van der Waals surface area contributed by atoms with Gasteiger partial charge in [0.2, 0.25) is 0 Å². The van der Waals surface area contributed by atoms with Crippen LogP contribution in [-0.2, 0) is 29.4 Å². The highest BCUT2D eigenvalue weighted by molar-refractivity contribution is 7.42. The normalized spacial score (nSPS) is 15.2. The van der Waals surface area contributed by atoms with Gasteiger partial charge in [0.05, 0.1) is 25.7 Å². The van der Waals surface area contributed by atoms with Gasteiger partial charge >= 0.3 is 14.6 Å². The summed E-state index contributed by atoms with van der Waals surface area (Å²) in [4.78, 5) is 13.1. The molecule has 0 N–H and O–H groups in total. The summed E-state index contributed by atoms with van der Waals surface area (Å²) < 4.78 is 23.5. The first-order valence-electron chi connectivity index (χ1n) is 17.5. The minimum Gasteiger partial charge on any atom is -0.465 e. The smallest absolute Gasteiger partial charge is 0.397 e. The van der Waals surface area contributed by atoms with Crippen LogP contribution < -0.4 is 4.52 Å². The Morgan fingerprint density at radius 2 is 1.12 bits per heavy atom. The maximum absolute atomic E-state index is 13.1. The van der Waals surface area contributed by atoms with E-state index in [2.05, 4.69) is 60.6 Å². The highest BCUT2D eigenvalue weighted by Crippen LogP contribution is 2.50. The number of hydrogen-bond donors (Lipinski definition) is 0. The van der Waals surface area contributed by atoms with E-state index in [0.29, 0.717) is 19.8 Å². The molecule has 1 atom stereocenters. The van der Waals surface area contributed by atoms with Gasteiger partial charge in [0.25, 0.3) is 0 Å². The highest BCUT2D eigenvalue weighted by atomic mass is 31.2. The number of unbranched alkanes of at least 4 members (excludes halogenated alkanes) is 15. The largest absolute Gasteiger partial charge is 0.465 e. The van der Waals surface area contributed by atoms with Gasteiger partial charge in [0.1, 0.15) is 5.75 Å². The first kappa shape index (κ1) is 38.0. The second-order valence-corrected chi connectivity index (χ2v) is 15.8. The van der Waals surface area contributed by atoms with Crippen molar-refractivity contribution in [2.45, 2.75) is 175 Å². The van der Waals surface area contributed by atoms with Crippen LogP contribution in [-0.4, -0.2) is 25.8 Å². The Balaban J connectivity index is 1.73. The van der Waals surface area contributed by atoms with E-state index in [9.17, 15) is 4.79 Å². The lowest BCUT2D eigenvalue weighted by atomic mass is 9.77. The maximum atomic E-state index is 13.1. The van der Waals surface area contributed by atoms with Crippen molar-refractivity contribution in [1.29, 1.82) is 0 Å². The standard InChI is InChI=1S/C37H65O5P/c1-9-10-11-12-13-14-15-16-17-18-19-20-21-22-23-24-25-39-35(38)30(2)31-28-32(36(3,4)5)34(33(29-31)37(6,7)8)42-43-40-26-27-41-43/h28-30H,9-27H2,1-8H3. The zero-order chi connectivity index (χ0) is 31.7. The quantitative estimate of drug-likeness (QED) is 0.0777. The van der Waals surface area contributed by atoms with Crippen molar-refractivity contribution in [3.8, 4) is 5.75 Å². The van der Waals surface area contributed by atoms with Crippen LogP contribution in [0.3, 0.4) is 0 Å². The molecule has 1 fully saturated rings. The summed E-state index contributed by atoms with van der Waals surface area (Å²) in [5.74, 6) is 0.327. The maximum Gasteiger partial charge on any atom is 0.397 e. The average molecular weight is 621 g/mol. The van der Waals surface area contributed by atoms with E-state index in [-0.39, 0.29) is 22.7 Å². The lowest BCUT2D eigenvalue weighted by Crippen LogP contribution is -2.21. The monoisotopic (exact) mass is 620 g/mol. The van der Waals surface area contributed by atoms with Crippen LogP contribution >= 0.6 is 8.60 Å². The molecular weight excluding hydrogens is 555 g/mol. The van der Waals surface area contributed by atoms with Crippen LogP contribution in [0.4, 0.5) is 0 Å². The molecule has 1 aromatic carbocycles. The molecule has 1 aromatic rings.